The van der Waals surface area contributed by atoms with Crippen molar-refractivity contribution in [3.05, 3.63) is 17.8 Å². The molecule has 1 aliphatic heterocycles. The van der Waals surface area contributed by atoms with E-state index in [0.29, 0.717) is 0 Å². The van der Waals surface area contributed by atoms with Crippen molar-refractivity contribution in [2.45, 2.75) is 0 Å². The minimum absolute atomic E-state index is 0.738. The van der Waals surface area contributed by atoms with Crippen LogP contribution in [0.4, 0.5) is 0 Å². The maximum absolute atomic E-state index is 5.51. The summed E-state index contributed by atoms with van der Waals surface area (Å²) >= 11 is 5.51. The third-order valence-electron chi connectivity index (χ3n) is 0.723. The number of halogens is 1. The highest BCUT2D eigenvalue weighted by molar-refractivity contribution is 6.30. The first-order valence-corrected chi connectivity index (χ1v) is 2.36. The largest absolute Gasteiger partial charge is 0.324 e. The summed E-state index contributed by atoms with van der Waals surface area (Å²) in [6.07, 6.45) is 1.72. The van der Waals surface area contributed by atoms with Gasteiger partial charge in [-0.3, -0.25) is 0 Å². The molecule has 1 heterocycles. The van der Waals surface area contributed by atoms with Crippen molar-refractivity contribution < 1.29 is 0 Å². The predicted octanol–water partition coefficient (Wildman–Crippen LogP) is 0.678. The van der Waals surface area contributed by atoms with Crippen LogP contribution in [0.15, 0.2) is 11.2 Å². The second-order valence-electron chi connectivity index (χ2n) is 1.40. The van der Waals surface area contributed by atoms with Gasteiger partial charge in [-0.15, -0.1) is 0 Å². The van der Waals surface area contributed by atoms with Crippen LogP contribution in [-0.4, -0.2) is 12.1 Å². The molecule has 0 spiro atoms. The molecule has 0 atom stereocenters. The van der Waals surface area contributed by atoms with Crippen molar-refractivity contribution in [1.82, 2.24) is 10.4 Å². The lowest BCUT2D eigenvalue weighted by atomic mass is 10.6. The van der Waals surface area contributed by atoms with Crippen LogP contribution in [0.2, 0.25) is 0 Å². The molecule has 0 saturated heterocycles. The zero-order valence-electron chi connectivity index (χ0n) is 3.98. The Bertz CT molecular complexity index is 99.9. The molecule has 1 rings (SSSR count). The minimum Gasteiger partial charge on any atom is -0.324 e. The lowest BCUT2D eigenvalue weighted by Gasteiger charge is -2.04. The maximum Gasteiger partial charge on any atom is 0.0882 e. The monoisotopic (exact) mass is 117 g/mol. The maximum atomic E-state index is 5.51. The van der Waals surface area contributed by atoms with Crippen molar-refractivity contribution in [2.24, 2.45) is 0 Å². The van der Waals surface area contributed by atoms with Crippen molar-refractivity contribution in [3.8, 4) is 0 Å². The molecule has 0 fully saturated rings. The first-order chi connectivity index (χ1) is 3.29. The molecule has 0 aliphatic carbocycles. The Kier molecular flexibility index (Phi) is 1.21. The van der Waals surface area contributed by atoms with E-state index in [-0.39, 0.29) is 0 Å². The number of nitrogens with zero attached hydrogens (tertiary/aromatic N) is 1. The molecule has 0 aromatic rings. The van der Waals surface area contributed by atoms with Gasteiger partial charge < -0.3 is 5.43 Å². The Labute approximate surface area is 47.7 Å². The van der Waals surface area contributed by atoms with Gasteiger partial charge in [-0.25, -0.2) is 5.01 Å². The van der Waals surface area contributed by atoms with Gasteiger partial charge >= 0.3 is 0 Å². The lowest BCUT2D eigenvalue weighted by Crippen LogP contribution is -2.21. The number of hydrogen-bond donors (Lipinski definition) is 1. The van der Waals surface area contributed by atoms with Gasteiger partial charge in [-0.05, 0) is 0 Å². The zero-order chi connectivity index (χ0) is 5.28. The number of hydrazine groups is 1. The highest BCUT2D eigenvalue weighted by atomic mass is 35.5. The molecule has 7 heavy (non-hydrogen) atoms. The van der Waals surface area contributed by atoms with Gasteiger partial charge in [0.15, 0.2) is 0 Å². The van der Waals surface area contributed by atoms with Crippen molar-refractivity contribution in [3.63, 3.8) is 0 Å². The molecule has 3 heteroatoms. The Balaban J connectivity index is 2.42. The Hall–Kier alpha value is -0.210. The smallest absolute Gasteiger partial charge is 0.0882 e. The normalized spacial score (nSPS) is 21.7. The number of nitrogens with one attached hydrogen (secondary N) is 1. The molecular weight excluding hydrogens is 112 g/mol. The minimum atomic E-state index is 0.738. The summed E-state index contributed by atoms with van der Waals surface area (Å²) < 4.78 is 0. The molecule has 39 valence electrons. The SMILES string of the molecule is CN1[CH]C(Cl)=CN1. The topological polar surface area (TPSA) is 15.3 Å². The van der Waals surface area contributed by atoms with Crippen LogP contribution >= 0.6 is 11.6 Å². The van der Waals surface area contributed by atoms with Gasteiger partial charge in [0.05, 0.1) is 11.6 Å². The van der Waals surface area contributed by atoms with E-state index in [1.807, 2.05) is 7.05 Å². The van der Waals surface area contributed by atoms with Gasteiger partial charge in [0.25, 0.3) is 0 Å². The zero-order valence-corrected chi connectivity index (χ0v) is 4.74. The quantitative estimate of drug-likeness (QED) is 0.502. The van der Waals surface area contributed by atoms with Crippen LogP contribution in [0.5, 0.6) is 0 Å². The van der Waals surface area contributed by atoms with E-state index in [4.69, 9.17) is 11.6 Å². The second-order valence-corrected chi connectivity index (χ2v) is 1.83. The third-order valence-corrected chi connectivity index (χ3v) is 0.930. The molecule has 1 aliphatic rings. The molecule has 0 aromatic heterocycles. The number of rotatable bonds is 0. The molecule has 1 radical (unpaired) electrons. The van der Waals surface area contributed by atoms with Gasteiger partial charge in [-0.2, -0.15) is 0 Å². The molecule has 0 unspecified atom stereocenters. The molecule has 0 bridgehead atoms. The van der Waals surface area contributed by atoms with E-state index in [9.17, 15) is 0 Å². The average Bonchev–Trinajstić information content (AvgIpc) is 1.87. The average molecular weight is 118 g/mol. The number of hydrogen-bond acceptors (Lipinski definition) is 2. The first-order valence-electron chi connectivity index (χ1n) is 1.98. The fourth-order valence-corrected chi connectivity index (χ4v) is 0.618. The van der Waals surface area contributed by atoms with Crippen LogP contribution in [0.3, 0.4) is 0 Å². The summed E-state index contributed by atoms with van der Waals surface area (Å²) in [5.41, 5.74) is 2.85. The van der Waals surface area contributed by atoms with E-state index in [1.54, 1.807) is 17.8 Å². The summed E-state index contributed by atoms with van der Waals surface area (Å²) in [7, 11) is 1.88. The third kappa shape index (κ3) is 1.08. The van der Waals surface area contributed by atoms with Crippen LogP contribution in [0, 0.1) is 6.54 Å². The Morgan fingerprint density at radius 3 is 2.71 bits per heavy atom. The summed E-state index contributed by atoms with van der Waals surface area (Å²) in [5.74, 6) is 0. The van der Waals surface area contributed by atoms with Crippen LogP contribution < -0.4 is 5.43 Å². The summed E-state index contributed by atoms with van der Waals surface area (Å²) in [6.45, 7) is 1.79. The molecule has 0 amide bonds. The van der Waals surface area contributed by atoms with Gasteiger partial charge in [0, 0.05) is 13.2 Å². The predicted molar refractivity (Wildman–Crippen MR) is 29.1 cm³/mol. The van der Waals surface area contributed by atoms with E-state index in [1.165, 1.54) is 0 Å². The lowest BCUT2D eigenvalue weighted by molar-refractivity contribution is 0.377. The van der Waals surface area contributed by atoms with Crippen LogP contribution in [0.25, 0.3) is 0 Å². The molecule has 1 N–H and O–H groups in total. The first kappa shape index (κ1) is 4.94. The van der Waals surface area contributed by atoms with E-state index in [2.05, 4.69) is 5.43 Å². The summed E-state index contributed by atoms with van der Waals surface area (Å²) in [6, 6.07) is 0. The molecule has 0 saturated carbocycles. The summed E-state index contributed by atoms with van der Waals surface area (Å²) in [4.78, 5) is 0. The molecular formula is C4H6ClN2. The second kappa shape index (κ2) is 1.72. The standard InChI is InChI=1S/C4H6ClN2/c1-7-3-4(5)2-6-7/h2-3,6H,1H3. The van der Waals surface area contributed by atoms with E-state index >= 15 is 0 Å². The van der Waals surface area contributed by atoms with Gasteiger partial charge in [-0.1, -0.05) is 11.6 Å². The molecule has 2 nitrogen and oxygen atoms in total. The van der Waals surface area contributed by atoms with Crippen molar-refractivity contribution in [2.75, 3.05) is 7.05 Å². The Morgan fingerprint density at radius 2 is 2.57 bits per heavy atom. The van der Waals surface area contributed by atoms with Crippen LogP contribution in [-0.2, 0) is 0 Å². The van der Waals surface area contributed by atoms with Crippen LogP contribution in [0.1, 0.15) is 0 Å². The highest BCUT2D eigenvalue weighted by Crippen LogP contribution is 2.10. The number of likely N-dealkylation sites (N-methyl/N-ethyl adjacent to an activating group) is 1. The van der Waals surface area contributed by atoms with Gasteiger partial charge in [0.2, 0.25) is 0 Å². The van der Waals surface area contributed by atoms with Gasteiger partial charge in [0.1, 0.15) is 0 Å². The highest BCUT2D eigenvalue weighted by Gasteiger charge is 2.04. The molecule has 0 aromatic carbocycles. The Morgan fingerprint density at radius 1 is 1.86 bits per heavy atom. The van der Waals surface area contributed by atoms with E-state index < -0.39 is 0 Å². The summed E-state index contributed by atoms with van der Waals surface area (Å²) in [5, 5.41) is 2.52. The van der Waals surface area contributed by atoms with E-state index in [0.717, 1.165) is 5.03 Å². The fourth-order valence-electron chi connectivity index (χ4n) is 0.423. The van der Waals surface area contributed by atoms with Crippen molar-refractivity contribution in [1.29, 1.82) is 0 Å². The fraction of sp³-hybridized carbons (Fsp3) is 0.250. The van der Waals surface area contributed by atoms with Crippen molar-refractivity contribution >= 4 is 11.6 Å².